The van der Waals surface area contributed by atoms with Crippen molar-refractivity contribution < 1.29 is 0 Å². The van der Waals surface area contributed by atoms with Crippen molar-refractivity contribution in [2.75, 3.05) is 0 Å². The van der Waals surface area contributed by atoms with Gasteiger partial charge in [0.2, 0.25) is 0 Å². The van der Waals surface area contributed by atoms with E-state index in [0.29, 0.717) is 0 Å². The fraction of sp³-hybridized carbons (Fsp3) is 0.375. The average molecular weight is 109 g/mol. The maximum atomic E-state index is 3.56. The van der Waals surface area contributed by atoms with Gasteiger partial charge in [-0.05, 0) is 12.8 Å². The SMILES string of the molecule is C=CC=CC[CH]CC. The molecule has 0 aromatic carbocycles. The van der Waals surface area contributed by atoms with Crippen LogP contribution in [0.4, 0.5) is 0 Å². The molecule has 0 amide bonds. The van der Waals surface area contributed by atoms with Crippen LogP contribution in [-0.4, -0.2) is 0 Å². The summed E-state index contributed by atoms with van der Waals surface area (Å²) in [4.78, 5) is 0. The third kappa shape index (κ3) is 5.48. The van der Waals surface area contributed by atoms with Gasteiger partial charge in [-0.25, -0.2) is 0 Å². The first-order valence-corrected chi connectivity index (χ1v) is 3.01. The predicted molar refractivity (Wildman–Crippen MR) is 38.5 cm³/mol. The Morgan fingerprint density at radius 3 is 2.75 bits per heavy atom. The van der Waals surface area contributed by atoms with Crippen molar-refractivity contribution in [1.82, 2.24) is 0 Å². The summed E-state index contributed by atoms with van der Waals surface area (Å²) in [5.41, 5.74) is 0. The summed E-state index contributed by atoms with van der Waals surface area (Å²) in [6.07, 6.45) is 10.3. The van der Waals surface area contributed by atoms with Crippen LogP contribution in [0.25, 0.3) is 0 Å². The minimum atomic E-state index is 1.07. The molecular weight excluding hydrogens is 96.1 g/mol. The maximum Gasteiger partial charge on any atom is -0.0316 e. The van der Waals surface area contributed by atoms with Gasteiger partial charge in [0.05, 0.1) is 0 Å². The van der Waals surface area contributed by atoms with Crippen molar-refractivity contribution in [3.05, 3.63) is 31.2 Å². The first kappa shape index (κ1) is 7.48. The summed E-state index contributed by atoms with van der Waals surface area (Å²) < 4.78 is 0. The lowest BCUT2D eigenvalue weighted by Gasteiger charge is -1.83. The Labute approximate surface area is 51.9 Å². The van der Waals surface area contributed by atoms with Crippen LogP contribution in [0.5, 0.6) is 0 Å². The highest BCUT2D eigenvalue weighted by atomic mass is 13.8. The van der Waals surface area contributed by atoms with Crippen molar-refractivity contribution in [3.8, 4) is 0 Å². The van der Waals surface area contributed by atoms with Gasteiger partial charge in [0, 0.05) is 0 Å². The normalized spacial score (nSPS) is 10.1. The van der Waals surface area contributed by atoms with E-state index in [2.05, 4.69) is 26.0 Å². The second kappa shape index (κ2) is 6.48. The largest absolute Gasteiger partial charge is 0.0991 e. The molecule has 0 heterocycles. The monoisotopic (exact) mass is 109 g/mol. The van der Waals surface area contributed by atoms with Crippen LogP contribution in [0.3, 0.4) is 0 Å². The molecule has 0 saturated carbocycles. The van der Waals surface area contributed by atoms with Gasteiger partial charge in [-0.15, -0.1) is 0 Å². The van der Waals surface area contributed by atoms with E-state index in [4.69, 9.17) is 0 Å². The number of hydrogen-bond acceptors (Lipinski definition) is 0. The van der Waals surface area contributed by atoms with Gasteiger partial charge in [0.15, 0.2) is 0 Å². The molecule has 1 radical (unpaired) electrons. The van der Waals surface area contributed by atoms with E-state index in [0.717, 1.165) is 12.8 Å². The lowest BCUT2D eigenvalue weighted by atomic mass is 10.2. The van der Waals surface area contributed by atoms with E-state index >= 15 is 0 Å². The lowest BCUT2D eigenvalue weighted by Crippen LogP contribution is -1.65. The maximum absolute atomic E-state index is 3.56. The van der Waals surface area contributed by atoms with Crippen molar-refractivity contribution in [3.63, 3.8) is 0 Å². The minimum absolute atomic E-state index is 1.07. The molecule has 0 fully saturated rings. The smallest absolute Gasteiger partial charge is 0.0316 e. The quantitative estimate of drug-likeness (QED) is 0.384. The summed E-state index contributed by atoms with van der Waals surface area (Å²) >= 11 is 0. The van der Waals surface area contributed by atoms with Crippen molar-refractivity contribution in [1.29, 1.82) is 0 Å². The van der Waals surface area contributed by atoms with Crippen LogP contribution < -0.4 is 0 Å². The second-order valence-electron chi connectivity index (χ2n) is 1.60. The van der Waals surface area contributed by atoms with Gasteiger partial charge in [0.25, 0.3) is 0 Å². The van der Waals surface area contributed by atoms with Gasteiger partial charge in [-0.2, -0.15) is 0 Å². The molecule has 0 aliphatic rings. The molecule has 45 valence electrons. The molecule has 0 nitrogen and oxygen atoms in total. The molecule has 0 heteroatoms. The van der Waals surface area contributed by atoms with Crippen LogP contribution in [0.1, 0.15) is 19.8 Å². The van der Waals surface area contributed by atoms with E-state index in [1.165, 1.54) is 0 Å². The Hall–Kier alpha value is -0.520. The van der Waals surface area contributed by atoms with E-state index in [1.54, 1.807) is 6.08 Å². The van der Waals surface area contributed by atoms with E-state index < -0.39 is 0 Å². The first-order chi connectivity index (χ1) is 3.91. The highest BCUT2D eigenvalue weighted by molar-refractivity contribution is 4.98. The lowest BCUT2D eigenvalue weighted by molar-refractivity contribution is 1.03. The standard InChI is InChI=1S/C8H13/c1-3-5-7-8-6-4-2/h3,5-7H,1,4,8H2,2H3. The predicted octanol–water partition coefficient (Wildman–Crippen LogP) is 2.73. The number of rotatable bonds is 4. The number of allylic oxidation sites excluding steroid dienone is 3. The molecular formula is C8H13. The highest BCUT2D eigenvalue weighted by Crippen LogP contribution is 1.92. The van der Waals surface area contributed by atoms with Crippen LogP contribution in [0, 0.1) is 6.42 Å². The molecule has 0 saturated heterocycles. The molecule has 0 spiro atoms. The van der Waals surface area contributed by atoms with E-state index in [1.807, 2.05) is 6.08 Å². The summed E-state index contributed by atoms with van der Waals surface area (Å²) in [7, 11) is 0. The van der Waals surface area contributed by atoms with Gasteiger partial charge < -0.3 is 0 Å². The molecule has 0 rings (SSSR count). The van der Waals surface area contributed by atoms with Crippen LogP contribution in [-0.2, 0) is 0 Å². The molecule has 0 unspecified atom stereocenters. The highest BCUT2D eigenvalue weighted by Gasteiger charge is 1.74. The Balaban J connectivity index is 2.91. The van der Waals surface area contributed by atoms with Gasteiger partial charge in [-0.1, -0.05) is 38.2 Å². The fourth-order valence-corrected chi connectivity index (χ4v) is 0.438. The molecule has 8 heavy (non-hydrogen) atoms. The van der Waals surface area contributed by atoms with Crippen LogP contribution >= 0.6 is 0 Å². The Bertz CT molecular complexity index is 70.1. The van der Waals surface area contributed by atoms with Crippen molar-refractivity contribution in [2.45, 2.75) is 19.8 Å². The number of unbranched alkanes of at least 4 members (excludes halogenated alkanes) is 2. The summed E-state index contributed by atoms with van der Waals surface area (Å²) in [5.74, 6) is 0. The zero-order valence-electron chi connectivity index (χ0n) is 5.43. The molecule has 0 aliphatic carbocycles. The van der Waals surface area contributed by atoms with Crippen LogP contribution in [0.15, 0.2) is 24.8 Å². The number of hydrogen-bond donors (Lipinski definition) is 0. The van der Waals surface area contributed by atoms with E-state index in [9.17, 15) is 0 Å². The minimum Gasteiger partial charge on any atom is -0.0991 e. The van der Waals surface area contributed by atoms with Gasteiger partial charge in [0.1, 0.15) is 0 Å². The first-order valence-electron chi connectivity index (χ1n) is 3.01. The third-order valence-corrected chi connectivity index (χ3v) is 0.864. The molecule has 0 N–H and O–H groups in total. The van der Waals surface area contributed by atoms with Gasteiger partial charge >= 0.3 is 0 Å². The van der Waals surface area contributed by atoms with Gasteiger partial charge in [-0.3, -0.25) is 0 Å². The zero-order valence-corrected chi connectivity index (χ0v) is 5.43. The molecule has 0 aromatic rings. The average Bonchev–Trinajstić information content (AvgIpc) is 1.81. The Kier molecular flexibility index (Phi) is 6.06. The summed E-state index contributed by atoms with van der Waals surface area (Å²) in [6.45, 7) is 5.70. The molecule has 0 aromatic heterocycles. The van der Waals surface area contributed by atoms with E-state index in [-0.39, 0.29) is 0 Å². The topological polar surface area (TPSA) is 0 Å². The van der Waals surface area contributed by atoms with Crippen LogP contribution in [0.2, 0.25) is 0 Å². The van der Waals surface area contributed by atoms with Crippen molar-refractivity contribution >= 4 is 0 Å². The zero-order chi connectivity index (χ0) is 6.24. The third-order valence-electron chi connectivity index (χ3n) is 0.864. The Morgan fingerprint density at radius 1 is 1.50 bits per heavy atom. The summed E-state index contributed by atoms with van der Waals surface area (Å²) in [6, 6.07) is 0. The molecule has 0 aliphatic heterocycles. The van der Waals surface area contributed by atoms with Crippen molar-refractivity contribution in [2.24, 2.45) is 0 Å². The fourth-order valence-electron chi connectivity index (χ4n) is 0.438. The second-order valence-corrected chi connectivity index (χ2v) is 1.60. The Morgan fingerprint density at radius 2 is 2.25 bits per heavy atom. The summed E-state index contributed by atoms with van der Waals surface area (Å²) in [5, 5.41) is 0. The molecule has 0 atom stereocenters. The molecule has 0 bridgehead atoms.